The summed E-state index contributed by atoms with van der Waals surface area (Å²) in [4.78, 5) is 12.0. The fourth-order valence-corrected chi connectivity index (χ4v) is 2.98. The molecule has 1 saturated carbocycles. The van der Waals surface area contributed by atoms with E-state index in [0.717, 1.165) is 24.8 Å². The molecule has 112 valence electrons. The van der Waals surface area contributed by atoms with Crippen molar-refractivity contribution >= 4 is 12.0 Å². The van der Waals surface area contributed by atoms with E-state index in [2.05, 4.69) is 5.32 Å². The normalized spacial score (nSPS) is 29.0. The lowest BCUT2D eigenvalue weighted by Crippen LogP contribution is -2.49. The molecule has 1 aromatic rings. The van der Waals surface area contributed by atoms with Gasteiger partial charge in [-0.3, -0.25) is 4.79 Å². The summed E-state index contributed by atoms with van der Waals surface area (Å²) in [5.41, 5.74) is 1.03. The summed E-state index contributed by atoms with van der Waals surface area (Å²) in [7, 11) is 0. The summed E-state index contributed by atoms with van der Waals surface area (Å²) in [5.74, 6) is -0.0426. The number of nitrogens with one attached hydrogen (secondary N) is 1. The molecule has 4 heteroatoms. The number of carbonyl (C=O) groups excluding carboxylic acids is 1. The maximum atomic E-state index is 12.0. The first-order valence-corrected chi connectivity index (χ1v) is 7.58. The van der Waals surface area contributed by atoms with Crippen LogP contribution in [0.1, 0.15) is 24.8 Å². The zero-order valence-electron chi connectivity index (χ0n) is 12.0. The van der Waals surface area contributed by atoms with Crippen molar-refractivity contribution in [2.45, 2.75) is 37.5 Å². The topological polar surface area (TPSA) is 47.6 Å². The van der Waals surface area contributed by atoms with Crippen molar-refractivity contribution < 1.29 is 14.3 Å². The zero-order chi connectivity index (χ0) is 14.5. The van der Waals surface area contributed by atoms with Crippen molar-refractivity contribution in [1.82, 2.24) is 5.32 Å². The van der Waals surface area contributed by atoms with Crippen molar-refractivity contribution in [2.75, 3.05) is 13.2 Å². The number of fused-ring (bicyclic) bond motifs is 1. The maximum absolute atomic E-state index is 12.0. The minimum Gasteiger partial charge on any atom is -0.373 e. The van der Waals surface area contributed by atoms with Crippen molar-refractivity contribution in [3.63, 3.8) is 0 Å². The molecule has 3 unspecified atom stereocenters. The molecule has 3 atom stereocenters. The molecule has 21 heavy (non-hydrogen) atoms. The van der Waals surface area contributed by atoms with Gasteiger partial charge in [-0.05, 0) is 30.9 Å². The van der Waals surface area contributed by atoms with E-state index < -0.39 is 0 Å². The summed E-state index contributed by atoms with van der Waals surface area (Å²) in [6, 6.07) is 10.0. The van der Waals surface area contributed by atoms with E-state index in [4.69, 9.17) is 9.47 Å². The molecule has 0 aromatic heterocycles. The zero-order valence-corrected chi connectivity index (χ0v) is 12.0. The van der Waals surface area contributed by atoms with Gasteiger partial charge in [-0.1, -0.05) is 30.3 Å². The Morgan fingerprint density at radius 1 is 1.10 bits per heavy atom. The molecule has 4 nitrogen and oxygen atoms in total. The maximum Gasteiger partial charge on any atom is 0.244 e. The van der Waals surface area contributed by atoms with Crippen LogP contribution in [0.3, 0.4) is 0 Å². The van der Waals surface area contributed by atoms with Gasteiger partial charge >= 0.3 is 0 Å². The van der Waals surface area contributed by atoms with Gasteiger partial charge in [0.1, 0.15) is 0 Å². The van der Waals surface area contributed by atoms with Crippen LogP contribution in [0.2, 0.25) is 0 Å². The van der Waals surface area contributed by atoms with Gasteiger partial charge < -0.3 is 14.8 Å². The standard InChI is InChI=1S/C17H21NO3/c19-17(9-6-13-4-2-1-3-5-13)18-14-7-8-15-16(12-14)21-11-10-20-15/h1-6,9,14-16H,7-8,10-12H2,(H,18,19). The first-order valence-electron chi connectivity index (χ1n) is 7.58. The Bertz CT molecular complexity index is 500. The number of ether oxygens (including phenoxy) is 2. The van der Waals surface area contributed by atoms with Gasteiger partial charge in [-0.2, -0.15) is 0 Å². The van der Waals surface area contributed by atoms with E-state index >= 15 is 0 Å². The molecule has 2 fully saturated rings. The highest BCUT2D eigenvalue weighted by molar-refractivity contribution is 5.91. The third kappa shape index (κ3) is 3.93. The number of benzene rings is 1. The Kier molecular flexibility index (Phi) is 4.68. The van der Waals surface area contributed by atoms with E-state index in [1.165, 1.54) is 0 Å². The quantitative estimate of drug-likeness (QED) is 0.867. The van der Waals surface area contributed by atoms with Gasteiger partial charge in [0.15, 0.2) is 0 Å². The molecule has 1 aliphatic carbocycles. The first-order chi connectivity index (χ1) is 10.3. The van der Waals surface area contributed by atoms with Crippen LogP contribution in [-0.4, -0.2) is 37.4 Å². The van der Waals surface area contributed by atoms with Crippen LogP contribution < -0.4 is 5.32 Å². The largest absolute Gasteiger partial charge is 0.373 e. The number of amides is 1. The van der Waals surface area contributed by atoms with Crippen molar-refractivity contribution in [2.24, 2.45) is 0 Å². The smallest absolute Gasteiger partial charge is 0.244 e. The van der Waals surface area contributed by atoms with E-state index in [9.17, 15) is 4.79 Å². The highest BCUT2D eigenvalue weighted by atomic mass is 16.6. The molecule has 2 aliphatic rings. The molecular weight excluding hydrogens is 266 g/mol. The second-order valence-electron chi connectivity index (χ2n) is 5.58. The number of rotatable bonds is 3. The van der Waals surface area contributed by atoms with Gasteiger partial charge in [-0.15, -0.1) is 0 Å². The van der Waals surface area contributed by atoms with Crippen molar-refractivity contribution in [3.8, 4) is 0 Å². The Morgan fingerprint density at radius 3 is 2.67 bits per heavy atom. The van der Waals surface area contributed by atoms with Gasteiger partial charge in [0, 0.05) is 12.1 Å². The number of carbonyl (C=O) groups is 1. The van der Waals surface area contributed by atoms with E-state index in [1.807, 2.05) is 36.4 Å². The van der Waals surface area contributed by atoms with E-state index in [0.29, 0.717) is 13.2 Å². The lowest BCUT2D eigenvalue weighted by atomic mass is 9.89. The SMILES string of the molecule is O=C(C=Cc1ccccc1)NC1CCC2OCCOC2C1. The van der Waals surface area contributed by atoms with Crippen LogP contribution in [0.5, 0.6) is 0 Å². The lowest BCUT2D eigenvalue weighted by molar-refractivity contribution is -0.158. The summed E-state index contributed by atoms with van der Waals surface area (Å²) in [6.07, 6.45) is 6.53. The second-order valence-corrected chi connectivity index (χ2v) is 5.58. The predicted octanol–water partition coefficient (Wildman–Crippen LogP) is 2.15. The van der Waals surface area contributed by atoms with Gasteiger partial charge in [0.05, 0.1) is 25.4 Å². The van der Waals surface area contributed by atoms with E-state index in [1.54, 1.807) is 6.08 Å². The fraction of sp³-hybridized carbons (Fsp3) is 0.471. The highest BCUT2D eigenvalue weighted by Crippen LogP contribution is 2.26. The summed E-state index contributed by atoms with van der Waals surface area (Å²) in [6.45, 7) is 1.35. The van der Waals surface area contributed by atoms with Crippen LogP contribution in [0.25, 0.3) is 6.08 Å². The minimum atomic E-state index is -0.0426. The van der Waals surface area contributed by atoms with Gasteiger partial charge in [0.2, 0.25) is 5.91 Å². The van der Waals surface area contributed by atoms with Gasteiger partial charge in [-0.25, -0.2) is 0 Å². The highest BCUT2D eigenvalue weighted by Gasteiger charge is 2.34. The van der Waals surface area contributed by atoms with Crippen LogP contribution in [-0.2, 0) is 14.3 Å². The monoisotopic (exact) mass is 287 g/mol. The second kappa shape index (κ2) is 6.87. The van der Waals surface area contributed by atoms with Crippen molar-refractivity contribution in [3.05, 3.63) is 42.0 Å². The molecule has 1 heterocycles. The summed E-state index contributed by atoms with van der Waals surface area (Å²) < 4.78 is 11.4. The molecular formula is C17H21NO3. The van der Waals surface area contributed by atoms with Crippen LogP contribution in [0, 0.1) is 0 Å². The van der Waals surface area contributed by atoms with Gasteiger partial charge in [0.25, 0.3) is 0 Å². The molecule has 1 aliphatic heterocycles. The third-order valence-corrected chi connectivity index (χ3v) is 4.05. The first kappa shape index (κ1) is 14.3. The Morgan fingerprint density at radius 2 is 1.86 bits per heavy atom. The molecule has 1 aromatic carbocycles. The molecule has 0 bridgehead atoms. The van der Waals surface area contributed by atoms with E-state index in [-0.39, 0.29) is 24.2 Å². The molecule has 3 rings (SSSR count). The Labute approximate surface area is 125 Å². The summed E-state index contributed by atoms with van der Waals surface area (Å²) in [5, 5.41) is 3.06. The molecule has 0 radical (unpaired) electrons. The molecule has 1 saturated heterocycles. The third-order valence-electron chi connectivity index (χ3n) is 4.05. The number of hydrogen-bond donors (Lipinski definition) is 1. The lowest BCUT2D eigenvalue weighted by Gasteiger charge is -2.38. The van der Waals surface area contributed by atoms with Crippen LogP contribution in [0.15, 0.2) is 36.4 Å². The van der Waals surface area contributed by atoms with Crippen molar-refractivity contribution in [1.29, 1.82) is 0 Å². The molecule has 0 spiro atoms. The van der Waals surface area contributed by atoms with Crippen LogP contribution in [0.4, 0.5) is 0 Å². The molecule has 1 N–H and O–H groups in total. The fourth-order valence-electron chi connectivity index (χ4n) is 2.98. The minimum absolute atomic E-state index is 0.0426. The van der Waals surface area contributed by atoms with Crippen LogP contribution >= 0.6 is 0 Å². The summed E-state index contributed by atoms with van der Waals surface area (Å²) >= 11 is 0. The Balaban J connectivity index is 1.50. The average molecular weight is 287 g/mol. The number of hydrogen-bond acceptors (Lipinski definition) is 3. The predicted molar refractivity (Wildman–Crippen MR) is 80.7 cm³/mol. The Hall–Kier alpha value is -1.65. The average Bonchev–Trinajstić information content (AvgIpc) is 2.54. The molecule has 1 amide bonds.